The molecule has 0 fully saturated rings. The molecule has 0 heterocycles. The Hall–Kier alpha value is -2.88. The van der Waals surface area contributed by atoms with Crippen LogP contribution in [0.1, 0.15) is 52.7 Å². The molecular formula is C28H43N3O5Si. The van der Waals surface area contributed by atoms with E-state index in [0.29, 0.717) is 18.9 Å². The highest BCUT2D eigenvalue weighted by atomic mass is 28.4. The van der Waals surface area contributed by atoms with Gasteiger partial charge >= 0.3 is 6.09 Å². The molecule has 3 N–H and O–H groups in total. The lowest BCUT2D eigenvalue weighted by molar-refractivity contribution is -0.124. The monoisotopic (exact) mass is 529 g/mol. The van der Waals surface area contributed by atoms with Gasteiger partial charge in [-0.3, -0.25) is 15.6 Å². The third-order valence-corrected chi connectivity index (χ3v) is 10.5. The van der Waals surface area contributed by atoms with Crippen LogP contribution in [0, 0.1) is 0 Å². The van der Waals surface area contributed by atoms with Crippen molar-refractivity contribution in [2.75, 3.05) is 12.0 Å². The molecule has 1 atom stereocenters. The molecule has 9 heteroatoms. The Morgan fingerprint density at radius 2 is 1.54 bits per heavy atom. The number of benzene rings is 2. The topological polar surface area (TPSA) is 97.9 Å². The SMILES string of the molecule is CC(C)(C)OC(=O)N[C@H](COCc1ccccc1)C(=O)NNc1cccc(CO[Si](C)(C)C(C)(C)C)c1. The molecule has 37 heavy (non-hydrogen) atoms. The van der Waals surface area contributed by atoms with E-state index in [4.69, 9.17) is 13.9 Å². The summed E-state index contributed by atoms with van der Waals surface area (Å²) in [6, 6.07) is 16.3. The first-order valence-corrected chi connectivity index (χ1v) is 15.5. The van der Waals surface area contributed by atoms with Crippen LogP contribution in [0.15, 0.2) is 54.6 Å². The second-order valence-corrected chi connectivity index (χ2v) is 16.4. The van der Waals surface area contributed by atoms with Gasteiger partial charge in [-0.15, -0.1) is 0 Å². The van der Waals surface area contributed by atoms with E-state index in [0.717, 1.165) is 11.1 Å². The third-order valence-electron chi connectivity index (χ3n) is 6.07. The van der Waals surface area contributed by atoms with Gasteiger partial charge in [0.15, 0.2) is 8.32 Å². The summed E-state index contributed by atoms with van der Waals surface area (Å²) in [7, 11) is -1.88. The zero-order valence-corrected chi connectivity index (χ0v) is 24.4. The van der Waals surface area contributed by atoms with Crippen molar-refractivity contribution in [2.24, 2.45) is 0 Å². The largest absolute Gasteiger partial charge is 0.444 e. The molecule has 0 spiro atoms. The molecule has 2 aromatic carbocycles. The molecule has 0 aliphatic carbocycles. The Labute approximate surface area is 222 Å². The lowest BCUT2D eigenvalue weighted by atomic mass is 10.2. The number of hydrazine groups is 1. The fraction of sp³-hybridized carbons (Fsp3) is 0.500. The third kappa shape index (κ3) is 10.9. The van der Waals surface area contributed by atoms with Crippen LogP contribution in [-0.4, -0.2) is 38.6 Å². The van der Waals surface area contributed by atoms with E-state index in [1.165, 1.54) is 0 Å². The first kappa shape index (κ1) is 30.3. The van der Waals surface area contributed by atoms with E-state index in [1.54, 1.807) is 20.8 Å². The zero-order chi connectivity index (χ0) is 27.7. The van der Waals surface area contributed by atoms with Crippen LogP contribution in [0.25, 0.3) is 0 Å². The standard InChI is InChI=1S/C28H43N3O5Si/c1-27(2,3)36-26(33)29-24(20-34-18-21-13-10-9-11-14-21)25(32)31-30-23-16-12-15-22(17-23)19-35-37(7,8)28(4,5)6/h9-17,24,30H,18-20H2,1-8H3,(H,29,33)(H,31,32)/t24-/m1/s1. The predicted octanol–water partition coefficient (Wildman–Crippen LogP) is 5.76. The van der Waals surface area contributed by atoms with Gasteiger partial charge in [-0.2, -0.15) is 0 Å². The molecule has 0 aliphatic rings. The van der Waals surface area contributed by atoms with Crippen molar-refractivity contribution in [3.63, 3.8) is 0 Å². The number of rotatable bonds is 11. The Balaban J connectivity index is 1.99. The minimum absolute atomic E-state index is 0.0257. The van der Waals surface area contributed by atoms with Crippen LogP contribution in [0.4, 0.5) is 10.5 Å². The summed E-state index contributed by atoms with van der Waals surface area (Å²) < 4.78 is 17.4. The zero-order valence-electron chi connectivity index (χ0n) is 23.4. The maximum atomic E-state index is 13.0. The van der Waals surface area contributed by atoms with Gasteiger partial charge in [0.05, 0.1) is 25.5 Å². The number of ether oxygens (including phenoxy) is 2. The molecule has 2 rings (SSSR count). The average molecular weight is 530 g/mol. The Bertz CT molecular complexity index is 1020. The normalized spacial score (nSPS) is 13.0. The first-order chi connectivity index (χ1) is 17.2. The molecule has 0 aromatic heterocycles. The fourth-order valence-electron chi connectivity index (χ4n) is 2.94. The van der Waals surface area contributed by atoms with E-state index in [2.05, 4.69) is 50.0 Å². The highest BCUT2D eigenvalue weighted by molar-refractivity contribution is 6.74. The number of amides is 2. The van der Waals surface area contributed by atoms with Crippen molar-refractivity contribution in [3.05, 3.63) is 65.7 Å². The van der Waals surface area contributed by atoms with Crippen LogP contribution < -0.4 is 16.2 Å². The van der Waals surface area contributed by atoms with Crippen molar-refractivity contribution in [1.29, 1.82) is 0 Å². The Morgan fingerprint density at radius 3 is 2.16 bits per heavy atom. The predicted molar refractivity (Wildman–Crippen MR) is 149 cm³/mol. The van der Waals surface area contributed by atoms with Gasteiger partial charge in [0.1, 0.15) is 11.6 Å². The van der Waals surface area contributed by atoms with Gasteiger partial charge in [0.2, 0.25) is 0 Å². The molecule has 0 unspecified atom stereocenters. The van der Waals surface area contributed by atoms with Crippen LogP contribution in [-0.2, 0) is 31.9 Å². The lowest BCUT2D eigenvalue weighted by Crippen LogP contribution is -2.51. The molecule has 8 nitrogen and oxygen atoms in total. The van der Waals surface area contributed by atoms with Crippen molar-refractivity contribution >= 4 is 26.0 Å². The van der Waals surface area contributed by atoms with E-state index in [9.17, 15) is 9.59 Å². The van der Waals surface area contributed by atoms with Crippen molar-refractivity contribution in [1.82, 2.24) is 10.7 Å². The van der Waals surface area contributed by atoms with E-state index in [1.807, 2.05) is 54.6 Å². The van der Waals surface area contributed by atoms with Crippen LogP contribution in [0.2, 0.25) is 18.1 Å². The summed E-state index contributed by atoms with van der Waals surface area (Å²) in [4.78, 5) is 25.3. The molecule has 0 aliphatic heterocycles. The Kier molecular flexibility index (Phi) is 10.7. The van der Waals surface area contributed by atoms with E-state index in [-0.39, 0.29) is 11.6 Å². The number of anilines is 1. The quantitative estimate of drug-likeness (QED) is 0.253. The average Bonchev–Trinajstić information content (AvgIpc) is 2.80. The van der Waals surface area contributed by atoms with Crippen molar-refractivity contribution in [2.45, 2.75) is 84.5 Å². The van der Waals surface area contributed by atoms with E-state index >= 15 is 0 Å². The molecular weight excluding hydrogens is 486 g/mol. The highest BCUT2D eigenvalue weighted by Crippen LogP contribution is 2.37. The molecule has 0 radical (unpaired) electrons. The second-order valence-electron chi connectivity index (χ2n) is 11.6. The number of carbonyl (C=O) groups is 2. The maximum Gasteiger partial charge on any atom is 0.408 e. The summed E-state index contributed by atoms with van der Waals surface area (Å²) in [6.45, 7) is 17.1. The minimum atomic E-state index is -1.88. The lowest BCUT2D eigenvalue weighted by Gasteiger charge is -2.36. The Morgan fingerprint density at radius 1 is 0.892 bits per heavy atom. The van der Waals surface area contributed by atoms with Crippen LogP contribution >= 0.6 is 0 Å². The van der Waals surface area contributed by atoms with Crippen molar-refractivity contribution < 1.29 is 23.5 Å². The van der Waals surface area contributed by atoms with Gasteiger partial charge in [0.25, 0.3) is 5.91 Å². The summed E-state index contributed by atoms with van der Waals surface area (Å²) >= 11 is 0. The molecule has 2 aromatic rings. The fourth-order valence-corrected chi connectivity index (χ4v) is 3.90. The van der Waals surface area contributed by atoms with Gasteiger partial charge in [-0.25, -0.2) is 4.79 Å². The van der Waals surface area contributed by atoms with Gasteiger partial charge in [-0.05, 0) is 62.2 Å². The van der Waals surface area contributed by atoms with E-state index < -0.39 is 32.0 Å². The van der Waals surface area contributed by atoms with Crippen LogP contribution in [0.3, 0.4) is 0 Å². The van der Waals surface area contributed by atoms with Gasteiger partial charge < -0.3 is 19.2 Å². The highest BCUT2D eigenvalue weighted by Gasteiger charge is 2.37. The molecule has 0 bridgehead atoms. The summed E-state index contributed by atoms with van der Waals surface area (Å²) in [5, 5.41) is 2.73. The summed E-state index contributed by atoms with van der Waals surface area (Å²) in [5.41, 5.74) is 7.57. The number of alkyl carbamates (subject to hydrolysis) is 1. The number of nitrogens with one attached hydrogen (secondary N) is 3. The molecule has 0 saturated heterocycles. The summed E-state index contributed by atoms with van der Waals surface area (Å²) in [6.07, 6.45) is -0.694. The number of hydrogen-bond donors (Lipinski definition) is 3. The number of hydrogen-bond acceptors (Lipinski definition) is 6. The molecule has 0 saturated carbocycles. The molecule has 2 amide bonds. The smallest absolute Gasteiger partial charge is 0.408 e. The number of carbonyl (C=O) groups excluding carboxylic acids is 2. The minimum Gasteiger partial charge on any atom is -0.444 e. The van der Waals surface area contributed by atoms with Gasteiger partial charge in [0, 0.05) is 0 Å². The van der Waals surface area contributed by atoms with Crippen LogP contribution in [0.5, 0.6) is 0 Å². The maximum absolute atomic E-state index is 13.0. The first-order valence-electron chi connectivity index (χ1n) is 12.6. The summed E-state index contributed by atoms with van der Waals surface area (Å²) in [5.74, 6) is -0.457. The molecule has 204 valence electrons. The second kappa shape index (κ2) is 13.1. The van der Waals surface area contributed by atoms with Crippen molar-refractivity contribution in [3.8, 4) is 0 Å². The van der Waals surface area contributed by atoms with Gasteiger partial charge in [-0.1, -0.05) is 63.2 Å².